The fourth-order valence-corrected chi connectivity index (χ4v) is 7.19. The van der Waals surface area contributed by atoms with Crippen LogP contribution in [0.3, 0.4) is 0 Å². The predicted octanol–water partition coefficient (Wildman–Crippen LogP) is 6.24. The Hall–Kier alpha value is -5.43. The van der Waals surface area contributed by atoms with Crippen molar-refractivity contribution >= 4 is 29.2 Å². The van der Waals surface area contributed by atoms with E-state index in [1.165, 1.54) is 0 Å². The molecule has 0 aliphatic carbocycles. The van der Waals surface area contributed by atoms with Gasteiger partial charge in [0.2, 0.25) is 5.91 Å². The maximum absolute atomic E-state index is 15.0. The number of carbonyl (C=O) groups is 3. The van der Waals surface area contributed by atoms with Gasteiger partial charge in [0.15, 0.2) is 11.6 Å². The fourth-order valence-electron chi connectivity index (χ4n) is 7.19. The van der Waals surface area contributed by atoms with Crippen molar-refractivity contribution in [3.8, 4) is 11.5 Å². The lowest BCUT2D eigenvalue weighted by molar-refractivity contribution is -0.122. The number of hydrogen-bond donors (Lipinski definition) is 1. The van der Waals surface area contributed by atoms with Crippen molar-refractivity contribution < 1.29 is 23.9 Å². The molecule has 0 aromatic heterocycles. The third-order valence-electron chi connectivity index (χ3n) is 8.96. The second kappa shape index (κ2) is 10.7. The van der Waals surface area contributed by atoms with Crippen LogP contribution in [0.25, 0.3) is 6.08 Å². The van der Waals surface area contributed by atoms with Crippen molar-refractivity contribution in [3.63, 3.8) is 0 Å². The maximum Gasteiger partial charge on any atom is 0.238 e. The molecule has 44 heavy (non-hydrogen) atoms. The first-order valence-electron chi connectivity index (χ1n) is 14.5. The summed E-state index contributed by atoms with van der Waals surface area (Å²) in [6, 6.07) is 27.5. The van der Waals surface area contributed by atoms with Gasteiger partial charge in [-0.2, -0.15) is 0 Å². The van der Waals surface area contributed by atoms with E-state index in [1.54, 1.807) is 61.7 Å². The van der Waals surface area contributed by atoms with Crippen molar-refractivity contribution in [1.29, 1.82) is 0 Å². The van der Waals surface area contributed by atoms with Crippen LogP contribution in [0.1, 0.15) is 43.4 Å². The Bertz CT molecular complexity index is 1860. The van der Waals surface area contributed by atoms with E-state index in [9.17, 15) is 9.59 Å². The SMILES string of the molecule is C=CCOc1cccc(C(=O)[C@@H]2[C@H](C(=O)c3cccc(OC)c3)N3C=Cc4ccccc4[C@H]3[C@]23C(=O)Nc2ccccc23)c1. The first kappa shape index (κ1) is 27.4. The number of anilines is 1. The molecule has 0 unspecified atom stereocenters. The van der Waals surface area contributed by atoms with E-state index in [0.29, 0.717) is 33.9 Å². The molecule has 4 aromatic rings. The van der Waals surface area contributed by atoms with Gasteiger partial charge in [0, 0.05) is 23.0 Å². The van der Waals surface area contributed by atoms with E-state index < -0.39 is 23.4 Å². The number of rotatable bonds is 8. The van der Waals surface area contributed by atoms with Crippen LogP contribution in [-0.2, 0) is 10.2 Å². The molecule has 4 atom stereocenters. The van der Waals surface area contributed by atoms with Crippen LogP contribution in [-0.4, -0.2) is 42.1 Å². The van der Waals surface area contributed by atoms with Crippen LogP contribution in [0.15, 0.2) is 116 Å². The fraction of sp³-hybridized carbons (Fsp3) is 0.162. The predicted molar refractivity (Wildman–Crippen MR) is 168 cm³/mol. The lowest BCUT2D eigenvalue weighted by atomic mass is 9.62. The molecule has 1 amide bonds. The molecule has 1 spiro atoms. The average molecular weight is 583 g/mol. The number of hydrogen-bond acceptors (Lipinski definition) is 6. The number of ketones is 2. The molecule has 4 aromatic carbocycles. The number of nitrogens with zero attached hydrogens (tertiary/aromatic N) is 1. The summed E-state index contributed by atoms with van der Waals surface area (Å²) >= 11 is 0. The molecule has 7 rings (SSSR count). The van der Waals surface area contributed by atoms with E-state index >= 15 is 4.79 Å². The number of fused-ring (bicyclic) bond motifs is 6. The van der Waals surface area contributed by atoms with Crippen molar-refractivity contribution in [2.75, 3.05) is 19.0 Å². The summed E-state index contributed by atoms with van der Waals surface area (Å²) in [5.41, 5.74) is 2.49. The van der Waals surface area contributed by atoms with Crippen molar-refractivity contribution in [2.45, 2.75) is 17.5 Å². The third kappa shape index (κ3) is 4.00. The molecule has 7 heteroatoms. The number of amides is 1. The summed E-state index contributed by atoms with van der Waals surface area (Å²) in [6.07, 6.45) is 5.44. The lowest BCUT2D eigenvalue weighted by Crippen LogP contribution is -2.49. The molecule has 1 N–H and O–H groups in total. The summed E-state index contributed by atoms with van der Waals surface area (Å²) in [6.45, 7) is 3.98. The zero-order chi connectivity index (χ0) is 30.4. The zero-order valence-corrected chi connectivity index (χ0v) is 24.1. The Balaban J connectivity index is 1.50. The number of nitrogens with one attached hydrogen (secondary N) is 1. The van der Waals surface area contributed by atoms with Crippen LogP contribution in [0.4, 0.5) is 5.69 Å². The van der Waals surface area contributed by atoms with Gasteiger partial charge >= 0.3 is 0 Å². The van der Waals surface area contributed by atoms with Gasteiger partial charge in [-0.3, -0.25) is 14.4 Å². The monoisotopic (exact) mass is 582 g/mol. The highest BCUT2D eigenvalue weighted by atomic mass is 16.5. The molecule has 0 bridgehead atoms. The highest BCUT2D eigenvalue weighted by Crippen LogP contribution is 2.62. The molecule has 7 nitrogen and oxygen atoms in total. The molecule has 218 valence electrons. The van der Waals surface area contributed by atoms with Gasteiger partial charge in [0.05, 0.1) is 19.1 Å². The summed E-state index contributed by atoms with van der Waals surface area (Å²) in [7, 11) is 1.54. The summed E-state index contributed by atoms with van der Waals surface area (Å²) < 4.78 is 11.2. The molecule has 3 aliphatic heterocycles. The number of benzene rings is 4. The van der Waals surface area contributed by atoms with Gasteiger partial charge in [0.1, 0.15) is 29.6 Å². The number of para-hydroxylation sites is 1. The minimum atomic E-state index is -1.41. The molecule has 0 radical (unpaired) electrons. The van der Waals surface area contributed by atoms with E-state index in [0.717, 1.165) is 11.1 Å². The van der Waals surface area contributed by atoms with Crippen LogP contribution in [0.2, 0.25) is 0 Å². The zero-order valence-electron chi connectivity index (χ0n) is 24.1. The van der Waals surface area contributed by atoms with E-state index in [2.05, 4.69) is 11.9 Å². The smallest absolute Gasteiger partial charge is 0.238 e. The van der Waals surface area contributed by atoms with E-state index in [1.807, 2.05) is 65.7 Å². The first-order chi connectivity index (χ1) is 21.5. The quantitative estimate of drug-likeness (QED) is 0.196. The number of ether oxygens (including phenoxy) is 2. The van der Waals surface area contributed by atoms with Gasteiger partial charge in [-0.1, -0.05) is 79.4 Å². The molecular formula is C37H30N2O5. The maximum atomic E-state index is 15.0. The van der Waals surface area contributed by atoms with Gasteiger partial charge in [0.25, 0.3) is 0 Å². The van der Waals surface area contributed by atoms with Crippen molar-refractivity contribution in [1.82, 2.24) is 4.90 Å². The second-order valence-electron chi connectivity index (χ2n) is 11.2. The van der Waals surface area contributed by atoms with E-state index in [4.69, 9.17) is 9.47 Å². The van der Waals surface area contributed by atoms with Crippen molar-refractivity contribution in [3.05, 3.63) is 144 Å². The Morgan fingerprint density at radius 3 is 2.41 bits per heavy atom. The van der Waals surface area contributed by atoms with Gasteiger partial charge in [-0.05, 0) is 53.1 Å². The Morgan fingerprint density at radius 2 is 1.61 bits per heavy atom. The summed E-state index contributed by atoms with van der Waals surface area (Å²) in [4.78, 5) is 46.3. The minimum absolute atomic E-state index is 0.273. The molecule has 1 fully saturated rings. The third-order valence-corrected chi connectivity index (χ3v) is 8.96. The average Bonchev–Trinajstić information content (AvgIpc) is 3.55. The topological polar surface area (TPSA) is 84.9 Å². The summed E-state index contributed by atoms with van der Waals surface area (Å²) in [5.74, 6) is -0.958. The molecule has 0 saturated carbocycles. The standard InChI is InChI=1S/C37H30N2O5/c1-3-20-44-27-14-9-11-24(22-27)33(40)31-32(34(41)25-12-8-13-26(21-25)43-2)39-19-18-23-10-4-5-15-28(23)35(39)37(31)29-16-6-7-17-30(29)38-36(37)42/h3-19,21-22,31-32,35H,1,20H2,2H3,(H,38,42)/t31-,32+,35-,37+/m0/s1. The lowest BCUT2D eigenvalue weighted by Gasteiger charge is -2.38. The van der Waals surface area contributed by atoms with Crippen LogP contribution in [0, 0.1) is 5.92 Å². The van der Waals surface area contributed by atoms with Crippen LogP contribution in [0.5, 0.6) is 11.5 Å². The normalized spacial score (nSPS) is 22.5. The number of methoxy groups -OCH3 is 1. The Morgan fingerprint density at radius 1 is 0.909 bits per heavy atom. The first-order valence-corrected chi connectivity index (χ1v) is 14.5. The molecule has 1 saturated heterocycles. The molecule has 3 heterocycles. The number of Topliss-reactive ketones (excluding diaryl/α,β-unsaturated/α-hetero) is 2. The largest absolute Gasteiger partial charge is 0.497 e. The minimum Gasteiger partial charge on any atom is -0.497 e. The van der Waals surface area contributed by atoms with Gasteiger partial charge in [-0.25, -0.2) is 0 Å². The Kier molecular flexibility index (Phi) is 6.66. The Labute approximate surface area is 255 Å². The van der Waals surface area contributed by atoms with E-state index in [-0.39, 0.29) is 24.1 Å². The van der Waals surface area contributed by atoms with Gasteiger partial charge < -0.3 is 19.7 Å². The van der Waals surface area contributed by atoms with Crippen LogP contribution >= 0.6 is 0 Å². The molecular weight excluding hydrogens is 552 g/mol. The molecule has 3 aliphatic rings. The van der Waals surface area contributed by atoms with Crippen molar-refractivity contribution in [2.24, 2.45) is 5.92 Å². The summed E-state index contributed by atoms with van der Waals surface area (Å²) in [5, 5.41) is 3.08. The van der Waals surface area contributed by atoms with Crippen LogP contribution < -0.4 is 14.8 Å². The van der Waals surface area contributed by atoms with Gasteiger partial charge in [-0.15, -0.1) is 0 Å². The highest BCUT2D eigenvalue weighted by molar-refractivity contribution is 6.16. The highest BCUT2D eigenvalue weighted by Gasteiger charge is 2.70. The second-order valence-corrected chi connectivity index (χ2v) is 11.2. The number of carbonyl (C=O) groups excluding carboxylic acids is 3.